The Labute approximate surface area is 114 Å². The van der Waals surface area contributed by atoms with Crippen LogP contribution in [0.5, 0.6) is 5.75 Å². The number of hydrogen-bond acceptors (Lipinski definition) is 3. The summed E-state index contributed by atoms with van der Waals surface area (Å²) in [5, 5.41) is 0. The highest BCUT2D eigenvalue weighted by atomic mass is 16.6. The van der Waals surface area contributed by atoms with Gasteiger partial charge in [-0.05, 0) is 44.0 Å². The van der Waals surface area contributed by atoms with Gasteiger partial charge >= 0.3 is 0 Å². The smallest absolute Gasteiger partial charge is 0.159 e. The summed E-state index contributed by atoms with van der Waals surface area (Å²) in [6.07, 6.45) is 5.06. The molecule has 0 aromatic heterocycles. The van der Waals surface area contributed by atoms with Crippen LogP contribution in [0.25, 0.3) is 0 Å². The monoisotopic (exact) mass is 262 g/mol. The molecule has 0 aliphatic carbocycles. The lowest BCUT2D eigenvalue weighted by atomic mass is 10.1. The van der Waals surface area contributed by atoms with Crippen LogP contribution in [0.3, 0.4) is 0 Å². The lowest BCUT2D eigenvalue weighted by Crippen LogP contribution is -2.23. The molecule has 0 amide bonds. The van der Waals surface area contributed by atoms with Crippen molar-refractivity contribution in [1.29, 1.82) is 0 Å². The molecule has 1 aliphatic heterocycles. The summed E-state index contributed by atoms with van der Waals surface area (Å²) in [6, 6.07) is 7.36. The van der Waals surface area contributed by atoms with E-state index in [0.717, 1.165) is 24.3 Å². The Hall–Kier alpha value is -1.35. The Kier molecular flexibility index (Phi) is 4.97. The van der Waals surface area contributed by atoms with Gasteiger partial charge in [0, 0.05) is 5.56 Å². The molecule has 3 heteroatoms. The molecular formula is C16H22O3. The second kappa shape index (κ2) is 6.71. The van der Waals surface area contributed by atoms with Gasteiger partial charge < -0.3 is 9.47 Å². The summed E-state index contributed by atoms with van der Waals surface area (Å²) in [5.41, 5.74) is 0.720. The molecule has 1 saturated heterocycles. The predicted octanol–water partition coefficient (Wildman–Crippen LogP) is 3.62. The van der Waals surface area contributed by atoms with E-state index in [1.54, 1.807) is 6.92 Å². The highest BCUT2D eigenvalue weighted by Gasteiger charge is 2.34. The first-order valence-corrected chi connectivity index (χ1v) is 7.10. The molecule has 1 aromatic rings. The Morgan fingerprint density at radius 1 is 1.37 bits per heavy atom. The van der Waals surface area contributed by atoms with E-state index in [1.165, 1.54) is 19.3 Å². The summed E-state index contributed by atoms with van der Waals surface area (Å²) in [4.78, 5) is 11.2. The number of benzene rings is 1. The molecule has 2 unspecified atom stereocenters. The first kappa shape index (κ1) is 14.1. The zero-order valence-corrected chi connectivity index (χ0v) is 11.7. The molecule has 0 radical (unpaired) electrons. The van der Waals surface area contributed by atoms with Gasteiger partial charge in [0.2, 0.25) is 0 Å². The van der Waals surface area contributed by atoms with Gasteiger partial charge in [-0.2, -0.15) is 0 Å². The molecule has 3 nitrogen and oxygen atoms in total. The molecule has 2 atom stereocenters. The first-order valence-electron chi connectivity index (χ1n) is 7.10. The van der Waals surface area contributed by atoms with Gasteiger partial charge in [0.15, 0.2) is 5.78 Å². The molecule has 0 spiro atoms. The van der Waals surface area contributed by atoms with E-state index >= 15 is 0 Å². The Balaban J connectivity index is 1.90. The van der Waals surface area contributed by atoms with E-state index in [4.69, 9.17) is 9.47 Å². The second-order valence-corrected chi connectivity index (χ2v) is 5.10. The van der Waals surface area contributed by atoms with E-state index in [9.17, 15) is 4.79 Å². The SMILES string of the molecule is CCCCCC(Oc1ccc(C(C)=O)cc1)C1CO1. The van der Waals surface area contributed by atoms with Crippen molar-refractivity contribution in [3.05, 3.63) is 29.8 Å². The van der Waals surface area contributed by atoms with Crippen LogP contribution in [0.4, 0.5) is 0 Å². The van der Waals surface area contributed by atoms with Gasteiger partial charge in [0.1, 0.15) is 18.0 Å². The molecule has 1 aromatic carbocycles. The number of epoxide rings is 1. The number of ether oxygens (including phenoxy) is 2. The fourth-order valence-electron chi connectivity index (χ4n) is 2.13. The molecule has 2 rings (SSSR count). The maximum atomic E-state index is 11.2. The zero-order valence-electron chi connectivity index (χ0n) is 11.7. The lowest BCUT2D eigenvalue weighted by molar-refractivity contribution is 0.101. The van der Waals surface area contributed by atoms with Gasteiger partial charge in [-0.1, -0.05) is 19.8 Å². The van der Waals surface area contributed by atoms with Gasteiger partial charge in [-0.3, -0.25) is 4.79 Å². The van der Waals surface area contributed by atoms with Gasteiger partial charge in [-0.25, -0.2) is 0 Å². The van der Waals surface area contributed by atoms with Crippen LogP contribution < -0.4 is 4.74 Å². The summed E-state index contributed by atoms with van der Waals surface area (Å²) >= 11 is 0. The number of hydrogen-bond donors (Lipinski definition) is 0. The quantitative estimate of drug-likeness (QED) is 0.408. The van der Waals surface area contributed by atoms with E-state index in [-0.39, 0.29) is 18.0 Å². The summed E-state index contributed by atoms with van der Waals surface area (Å²) < 4.78 is 11.3. The maximum absolute atomic E-state index is 11.2. The summed E-state index contributed by atoms with van der Waals surface area (Å²) in [7, 11) is 0. The van der Waals surface area contributed by atoms with Gasteiger partial charge in [-0.15, -0.1) is 0 Å². The number of unbranched alkanes of at least 4 members (excludes halogenated alkanes) is 2. The fraction of sp³-hybridized carbons (Fsp3) is 0.562. The minimum atomic E-state index is 0.0802. The van der Waals surface area contributed by atoms with Crippen LogP contribution in [0.15, 0.2) is 24.3 Å². The molecular weight excluding hydrogens is 240 g/mol. The van der Waals surface area contributed by atoms with E-state index in [1.807, 2.05) is 24.3 Å². The highest BCUT2D eigenvalue weighted by molar-refractivity contribution is 5.94. The number of ketones is 1. The second-order valence-electron chi connectivity index (χ2n) is 5.10. The van der Waals surface area contributed by atoms with Crippen LogP contribution in [0.1, 0.15) is 49.9 Å². The third-order valence-electron chi connectivity index (χ3n) is 3.41. The van der Waals surface area contributed by atoms with Crippen molar-refractivity contribution >= 4 is 5.78 Å². The molecule has 19 heavy (non-hydrogen) atoms. The molecule has 0 bridgehead atoms. The summed E-state index contributed by atoms with van der Waals surface area (Å²) in [6.45, 7) is 4.58. The Bertz CT molecular complexity index is 407. The van der Waals surface area contributed by atoms with Gasteiger partial charge in [0.25, 0.3) is 0 Å². The minimum absolute atomic E-state index is 0.0802. The maximum Gasteiger partial charge on any atom is 0.159 e. The van der Waals surface area contributed by atoms with Crippen molar-refractivity contribution in [1.82, 2.24) is 0 Å². The van der Waals surface area contributed by atoms with Crippen LogP contribution in [-0.2, 0) is 4.74 Å². The number of carbonyl (C=O) groups excluding carboxylic acids is 1. The standard InChI is InChI=1S/C16H22O3/c1-3-4-5-6-15(16-11-18-16)19-14-9-7-13(8-10-14)12(2)17/h7-10,15-16H,3-6,11H2,1-2H3. The Morgan fingerprint density at radius 3 is 2.58 bits per heavy atom. The molecule has 0 saturated carbocycles. The van der Waals surface area contributed by atoms with Crippen LogP contribution in [0, 0.1) is 0 Å². The minimum Gasteiger partial charge on any atom is -0.488 e. The molecule has 1 fully saturated rings. The van der Waals surface area contributed by atoms with Crippen molar-refractivity contribution < 1.29 is 14.3 Å². The normalized spacial score (nSPS) is 18.9. The highest BCUT2D eigenvalue weighted by Crippen LogP contribution is 2.25. The van der Waals surface area contributed by atoms with Crippen molar-refractivity contribution in [2.75, 3.05) is 6.61 Å². The van der Waals surface area contributed by atoms with Crippen LogP contribution in [0.2, 0.25) is 0 Å². The molecule has 1 heterocycles. The molecule has 1 aliphatic rings. The van der Waals surface area contributed by atoms with Crippen molar-refractivity contribution in [2.24, 2.45) is 0 Å². The third kappa shape index (κ3) is 4.35. The van der Waals surface area contributed by atoms with E-state index in [2.05, 4.69) is 6.92 Å². The van der Waals surface area contributed by atoms with Crippen molar-refractivity contribution in [3.8, 4) is 5.75 Å². The molecule has 104 valence electrons. The van der Waals surface area contributed by atoms with Crippen LogP contribution in [-0.4, -0.2) is 24.6 Å². The number of carbonyl (C=O) groups is 1. The number of Topliss-reactive ketones (excluding diaryl/α,β-unsaturated/α-hetero) is 1. The fourth-order valence-corrected chi connectivity index (χ4v) is 2.13. The largest absolute Gasteiger partial charge is 0.488 e. The summed E-state index contributed by atoms with van der Waals surface area (Å²) in [5.74, 6) is 0.901. The zero-order chi connectivity index (χ0) is 13.7. The van der Waals surface area contributed by atoms with E-state index < -0.39 is 0 Å². The number of rotatable bonds is 8. The average molecular weight is 262 g/mol. The topological polar surface area (TPSA) is 38.8 Å². The average Bonchev–Trinajstić information content (AvgIpc) is 3.23. The van der Waals surface area contributed by atoms with Gasteiger partial charge in [0.05, 0.1) is 6.61 Å². The van der Waals surface area contributed by atoms with E-state index in [0.29, 0.717) is 0 Å². The third-order valence-corrected chi connectivity index (χ3v) is 3.41. The first-order chi connectivity index (χ1) is 9.20. The predicted molar refractivity (Wildman–Crippen MR) is 74.7 cm³/mol. The molecule has 0 N–H and O–H groups in total. The Morgan fingerprint density at radius 2 is 2.05 bits per heavy atom. The lowest BCUT2D eigenvalue weighted by Gasteiger charge is -2.17. The van der Waals surface area contributed by atoms with Crippen molar-refractivity contribution in [3.63, 3.8) is 0 Å². The van der Waals surface area contributed by atoms with Crippen LogP contribution >= 0.6 is 0 Å². The van der Waals surface area contributed by atoms with Crippen molar-refractivity contribution in [2.45, 2.75) is 51.7 Å².